The van der Waals surface area contributed by atoms with Gasteiger partial charge < -0.3 is 9.47 Å². The van der Waals surface area contributed by atoms with E-state index in [0.29, 0.717) is 12.5 Å². The molecule has 126 valence electrons. The maximum Gasteiger partial charge on any atom is 0.339 e. The third-order valence-electron chi connectivity index (χ3n) is 5.13. The Morgan fingerprint density at radius 3 is 3.04 bits per heavy atom. The summed E-state index contributed by atoms with van der Waals surface area (Å²) in [4.78, 5) is 17.7. The highest BCUT2D eigenvalue weighted by Gasteiger charge is 2.27. The number of aromatic nitrogens is 1. The second-order valence-corrected chi connectivity index (χ2v) is 7.01. The summed E-state index contributed by atoms with van der Waals surface area (Å²) in [5.74, 6) is 0.347. The number of rotatable bonds is 3. The molecular formula is C20H23NO3. The number of nitrogens with zero attached hydrogens (tertiary/aromatic N) is 1. The average Bonchev–Trinajstić information content (AvgIpc) is 3.11. The Kier molecular flexibility index (Phi) is 4.23. The van der Waals surface area contributed by atoms with Gasteiger partial charge in [0.1, 0.15) is 6.61 Å². The molecule has 1 aliphatic heterocycles. The van der Waals surface area contributed by atoms with Crippen molar-refractivity contribution in [1.82, 2.24) is 4.98 Å². The van der Waals surface area contributed by atoms with Gasteiger partial charge in [0.15, 0.2) is 0 Å². The van der Waals surface area contributed by atoms with Crippen LogP contribution < -0.4 is 0 Å². The standard InChI is InChI=1S/C20H23NO3/c1-13-8-9-18-16(11-13)19(15-6-2-3-7-17(15)21-18)20(22)24-12-14-5-4-10-23-14/h2-3,6-7,13-14H,4-5,8-12H2,1H3. The minimum Gasteiger partial charge on any atom is -0.459 e. The summed E-state index contributed by atoms with van der Waals surface area (Å²) < 4.78 is 11.2. The monoisotopic (exact) mass is 325 g/mol. The molecule has 1 fully saturated rings. The summed E-state index contributed by atoms with van der Waals surface area (Å²) in [6.45, 7) is 3.35. The third kappa shape index (κ3) is 2.91. The van der Waals surface area contributed by atoms with Crippen molar-refractivity contribution in [2.45, 2.75) is 45.1 Å². The molecule has 1 aromatic heterocycles. The van der Waals surface area contributed by atoms with Gasteiger partial charge in [-0.15, -0.1) is 0 Å². The summed E-state index contributed by atoms with van der Waals surface area (Å²) in [5, 5.41) is 0.905. The normalized spacial score (nSPS) is 23.2. The Bertz CT molecular complexity index is 765. The molecule has 0 spiro atoms. The Morgan fingerprint density at radius 2 is 2.21 bits per heavy atom. The first-order valence-electron chi connectivity index (χ1n) is 8.91. The largest absolute Gasteiger partial charge is 0.459 e. The fourth-order valence-corrected chi connectivity index (χ4v) is 3.81. The molecule has 2 aliphatic rings. The molecular weight excluding hydrogens is 302 g/mol. The van der Waals surface area contributed by atoms with Crippen LogP contribution in [0.15, 0.2) is 24.3 Å². The zero-order chi connectivity index (χ0) is 16.5. The van der Waals surface area contributed by atoms with Crippen LogP contribution in [0, 0.1) is 5.92 Å². The third-order valence-corrected chi connectivity index (χ3v) is 5.13. The van der Waals surface area contributed by atoms with Gasteiger partial charge in [0, 0.05) is 17.7 Å². The molecule has 0 amide bonds. The van der Waals surface area contributed by atoms with Gasteiger partial charge in [0.25, 0.3) is 0 Å². The van der Waals surface area contributed by atoms with E-state index in [2.05, 4.69) is 6.92 Å². The Labute approximate surface area is 142 Å². The smallest absolute Gasteiger partial charge is 0.339 e. The number of carbonyl (C=O) groups is 1. The van der Waals surface area contributed by atoms with E-state index in [1.165, 1.54) is 0 Å². The fraction of sp³-hybridized carbons (Fsp3) is 0.500. The topological polar surface area (TPSA) is 48.4 Å². The highest BCUT2D eigenvalue weighted by atomic mass is 16.6. The van der Waals surface area contributed by atoms with Crippen molar-refractivity contribution in [3.05, 3.63) is 41.1 Å². The van der Waals surface area contributed by atoms with Crippen LogP contribution in [0.25, 0.3) is 10.9 Å². The molecule has 2 heterocycles. The number of esters is 1. The van der Waals surface area contributed by atoms with Crippen LogP contribution in [0.1, 0.15) is 47.8 Å². The van der Waals surface area contributed by atoms with Crippen molar-refractivity contribution in [1.29, 1.82) is 0 Å². The number of hydrogen-bond acceptors (Lipinski definition) is 4. The molecule has 0 bridgehead atoms. The lowest BCUT2D eigenvalue weighted by atomic mass is 9.84. The summed E-state index contributed by atoms with van der Waals surface area (Å²) in [7, 11) is 0. The van der Waals surface area contributed by atoms with E-state index in [4.69, 9.17) is 14.5 Å². The van der Waals surface area contributed by atoms with Gasteiger partial charge >= 0.3 is 5.97 Å². The molecule has 1 aromatic carbocycles. The molecule has 4 rings (SSSR count). The van der Waals surface area contributed by atoms with Crippen LogP contribution in [0.3, 0.4) is 0 Å². The molecule has 1 saturated heterocycles. The second kappa shape index (κ2) is 6.52. The van der Waals surface area contributed by atoms with Crippen LogP contribution >= 0.6 is 0 Å². The summed E-state index contributed by atoms with van der Waals surface area (Å²) in [5.41, 5.74) is 3.76. The van der Waals surface area contributed by atoms with Gasteiger partial charge in [0.2, 0.25) is 0 Å². The molecule has 4 heteroatoms. The van der Waals surface area contributed by atoms with E-state index in [9.17, 15) is 4.79 Å². The number of ether oxygens (including phenoxy) is 2. The molecule has 0 N–H and O–H groups in total. The van der Waals surface area contributed by atoms with E-state index in [1.807, 2.05) is 24.3 Å². The quantitative estimate of drug-likeness (QED) is 0.808. The Balaban J connectivity index is 1.71. The molecule has 4 nitrogen and oxygen atoms in total. The fourth-order valence-electron chi connectivity index (χ4n) is 3.81. The predicted octanol–water partition coefficient (Wildman–Crippen LogP) is 3.70. The maximum atomic E-state index is 12.9. The van der Waals surface area contributed by atoms with Crippen LogP contribution in [0.4, 0.5) is 0 Å². The SMILES string of the molecule is CC1CCc2nc3ccccc3c(C(=O)OCC3CCCO3)c2C1. The molecule has 2 unspecified atom stereocenters. The van der Waals surface area contributed by atoms with Gasteiger partial charge in [-0.05, 0) is 49.7 Å². The summed E-state index contributed by atoms with van der Waals surface area (Å²) in [6.07, 6.45) is 5.04. The van der Waals surface area contributed by atoms with E-state index < -0.39 is 0 Å². The van der Waals surface area contributed by atoms with Crippen molar-refractivity contribution in [2.24, 2.45) is 5.92 Å². The number of aryl methyl sites for hydroxylation is 1. The predicted molar refractivity (Wildman–Crippen MR) is 92.2 cm³/mol. The number of hydrogen-bond donors (Lipinski definition) is 0. The number of pyridine rings is 1. The molecule has 1 aliphatic carbocycles. The highest BCUT2D eigenvalue weighted by molar-refractivity contribution is 6.05. The van der Waals surface area contributed by atoms with Gasteiger partial charge in [-0.1, -0.05) is 25.1 Å². The van der Waals surface area contributed by atoms with Gasteiger partial charge in [-0.3, -0.25) is 4.98 Å². The minimum atomic E-state index is -0.227. The number of para-hydroxylation sites is 1. The van der Waals surface area contributed by atoms with Gasteiger partial charge in [-0.25, -0.2) is 4.79 Å². The van der Waals surface area contributed by atoms with Gasteiger partial charge in [0.05, 0.1) is 17.2 Å². The zero-order valence-electron chi connectivity index (χ0n) is 14.1. The van der Waals surface area contributed by atoms with Crippen molar-refractivity contribution in [3.8, 4) is 0 Å². The molecule has 0 saturated carbocycles. The number of carbonyl (C=O) groups excluding carboxylic acids is 1. The van der Waals surface area contributed by atoms with Crippen LogP contribution in [-0.4, -0.2) is 30.3 Å². The lowest BCUT2D eigenvalue weighted by molar-refractivity contribution is 0.0161. The van der Waals surface area contributed by atoms with E-state index in [1.54, 1.807) is 0 Å². The molecule has 2 atom stereocenters. The number of fused-ring (bicyclic) bond motifs is 2. The van der Waals surface area contributed by atoms with Crippen molar-refractivity contribution < 1.29 is 14.3 Å². The first-order valence-corrected chi connectivity index (χ1v) is 8.91. The summed E-state index contributed by atoms with van der Waals surface area (Å²) in [6, 6.07) is 7.88. The van der Waals surface area contributed by atoms with Crippen LogP contribution in [-0.2, 0) is 22.3 Å². The van der Waals surface area contributed by atoms with Crippen LogP contribution in [0.5, 0.6) is 0 Å². The zero-order valence-corrected chi connectivity index (χ0v) is 14.1. The lowest BCUT2D eigenvalue weighted by Crippen LogP contribution is -2.22. The maximum absolute atomic E-state index is 12.9. The highest BCUT2D eigenvalue weighted by Crippen LogP contribution is 2.32. The first kappa shape index (κ1) is 15.6. The number of benzene rings is 1. The van der Waals surface area contributed by atoms with E-state index in [0.717, 1.165) is 66.4 Å². The van der Waals surface area contributed by atoms with Gasteiger partial charge in [-0.2, -0.15) is 0 Å². The average molecular weight is 325 g/mol. The van der Waals surface area contributed by atoms with Crippen LogP contribution in [0.2, 0.25) is 0 Å². The first-order chi connectivity index (χ1) is 11.7. The minimum absolute atomic E-state index is 0.0526. The van der Waals surface area contributed by atoms with Crippen molar-refractivity contribution in [2.75, 3.05) is 13.2 Å². The van der Waals surface area contributed by atoms with Crippen molar-refractivity contribution >= 4 is 16.9 Å². The second-order valence-electron chi connectivity index (χ2n) is 7.01. The lowest BCUT2D eigenvalue weighted by Gasteiger charge is -2.24. The Hall–Kier alpha value is -1.94. The van der Waals surface area contributed by atoms with E-state index in [-0.39, 0.29) is 12.1 Å². The Morgan fingerprint density at radius 1 is 1.33 bits per heavy atom. The van der Waals surface area contributed by atoms with E-state index >= 15 is 0 Å². The molecule has 24 heavy (non-hydrogen) atoms. The molecule has 0 radical (unpaired) electrons. The van der Waals surface area contributed by atoms with Crippen molar-refractivity contribution in [3.63, 3.8) is 0 Å². The molecule has 2 aromatic rings. The summed E-state index contributed by atoms with van der Waals surface area (Å²) >= 11 is 0.